The van der Waals surface area contributed by atoms with Crippen LogP contribution in [0.2, 0.25) is 0 Å². The summed E-state index contributed by atoms with van der Waals surface area (Å²) in [5, 5.41) is 9.38. The molecule has 0 saturated carbocycles. The molecule has 4 heterocycles. The van der Waals surface area contributed by atoms with Gasteiger partial charge in [0, 0.05) is 6.20 Å². The van der Waals surface area contributed by atoms with E-state index in [9.17, 15) is 10.1 Å². The highest BCUT2D eigenvalue weighted by molar-refractivity contribution is 5.77. The topological polar surface area (TPSA) is 118 Å². The van der Waals surface area contributed by atoms with E-state index in [-0.39, 0.29) is 5.69 Å². The minimum atomic E-state index is -0.390. The third kappa shape index (κ3) is 2.21. The zero-order valence-electron chi connectivity index (χ0n) is 13.7. The van der Waals surface area contributed by atoms with Crippen LogP contribution in [-0.4, -0.2) is 34.1 Å². The molecule has 0 aliphatic heterocycles. The molecule has 0 saturated heterocycles. The van der Waals surface area contributed by atoms with Gasteiger partial charge in [-0.15, -0.1) is 0 Å². The molecule has 27 heavy (non-hydrogen) atoms. The molecule has 0 bridgehead atoms. The number of nitrogens with zero attached hydrogens (tertiary/aromatic N) is 7. The molecule has 0 spiro atoms. The lowest BCUT2D eigenvalue weighted by Crippen LogP contribution is -2.16. The van der Waals surface area contributed by atoms with Gasteiger partial charge in [0.25, 0.3) is 0 Å². The summed E-state index contributed by atoms with van der Waals surface area (Å²) in [5.74, 6) is 0.360. The number of para-hydroxylation sites is 1. The summed E-state index contributed by atoms with van der Waals surface area (Å²) < 4.78 is 3.09. The van der Waals surface area contributed by atoms with Crippen LogP contribution < -0.4 is 5.69 Å². The zero-order chi connectivity index (χ0) is 18.4. The highest BCUT2D eigenvalue weighted by Gasteiger charge is 2.16. The summed E-state index contributed by atoms with van der Waals surface area (Å²) in [6, 6.07) is 10.8. The maximum absolute atomic E-state index is 12.5. The van der Waals surface area contributed by atoms with Gasteiger partial charge < -0.3 is 4.98 Å². The molecule has 0 aliphatic rings. The number of fused-ring (bicyclic) bond motifs is 2. The molecule has 4 aromatic heterocycles. The van der Waals surface area contributed by atoms with Crippen LogP contribution in [0.4, 0.5) is 0 Å². The van der Waals surface area contributed by atoms with Gasteiger partial charge in [-0.05, 0) is 18.2 Å². The average molecular weight is 354 g/mol. The minimum absolute atomic E-state index is 0.360. The Kier molecular flexibility index (Phi) is 3.11. The van der Waals surface area contributed by atoms with Gasteiger partial charge in [-0.1, -0.05) is 12.1 Å². The molecule has 1 N–H and O–H groups in total. The summed E-state index contributed by atoms with van der Waals surface area (Å²) in [6.07, 6.45) is 6.46. The zero-order valence-corrected chi connectivity index (χ0v) is 13.7. The second kappa shape index (κ2) is 5.60. The predicted octanol–water partition coefficient (Wildman–Crippen LogP) is 1.71. The second-order valence-corrected chi connectivity index (χ2v) is 5.78. The van der Waals surface area contributed by atoms with Crippen molar-refractivity contribution >= 4 is 22.2 Å². The largest absolute Gasteiger partial charge is 0.332 e. The number of nitrogens with one attached hydrogen (secondary N) is 1. The van der Waals surface area contributed by atoms with Crippen molar-refractivity contribution in [2.24, 2.45) is 0 Å². The van der Waals surface area contributed by atoms with Crippen LogP contribution in [0.3, 0.4) is 0 Å². The molecule has 1 aromatic carbocycles. The Balaban J connectivity index is 1.80. The van der Waals surface area contributed by atoms with E-state index in [0.29, 0.717) is 33.9 Å². The average Bonchev–Trinajstić information content (AvgIpc) is 3.27. The van der Waals surface area contributed by atoms with Gasteiger partial charge >= 0.3 is 5.69 Å². The fourth-order valence-electron chi connectivity index (χ4n) is 3.02. The van der Waals surface area contributed by atoms with Crippen molar-refractivity contribution in [1.29, 1.82) is 5.26 Å². The number of rotatable bonds is 2. The molecule has 128 valence electrons. The maximum Gasteiger partial charge on any atom is 0.332 e. The highest BCUT2D eigenvalue weighted by atomic mass is 16.1. The lowest BCUT2D eigenvalue weighted by atomic mass is 10.2. The Morgan fingerprint density at radius 3 is 2.89 bits per heavy atom. The first-order valence-corrected chi connectivity index (χ1v) is 8.01. The van der Waals surface area contributed by atoms with E-state index in [2.05, 4.69) is 31.0 Å². The number of aromatic nitrogens is 7. The third-order valence-electron chi connectivity index (χ3n) is 4.24. The van der Waals surface area contributed by atoms with E-state index in [1.165, 1.54) is 10.8 Å². The molecule has 0 fully saturated rings. The molecule has 0 aliphatic carbocycles. The predicted molar refractivity (Wildman–Crippen MR) is 96.6 cm³/mol. The Bertz CT molecular complexity index is 1420. The van der Waals surface area contributed by atoms with Crippen LogP contribution in [-0.2, 0) is 0 Å². The number of hydrogen-bond acceptors (Lipinski definition) is 6. The number of benzene rings is 1. The van der Waals surface area contributed by atoms with Crippen LogP contribution in [0.1, 0.15) is 5.56 Å². The van der Waals surface area contributed by atoms with Gasteiger partial charge in [0.1, 0.15) is 23.4 Å². The van der Waals surface area contributed by atoms with Crippen LogP contribution >= 0.6 is 0 Å². The highest BCUT2D eigenvalue weighted by Crippen LogP contribution is 2.19. The van der Waals surface area contributed by atoms with E-state index in [4.69, 9.17) is 0 Å². The minimum Gasteiger partial charge on any atom is -0.303 e. The van der Waals surface area contributed by atoms with Gasteiger partial charge in [0.15, 0.2) is 5.65 Å². The number of nitriles is 1. The molecule has 0 amide bonds. The molecule has 9 nitrogen and oxygen atoms in total. The Morgan fingerprint density at radius 2 is 2.00 bits per heavy atom. The van der Waals surface area contributed by atoms with Crippen LogP contribution in [0.15, 0.2) is 60.0 Å². The van der Waals surface area contributed by atoms with Crippen LogP contribution in [0, 0.1) is 11.3 Å². The van der Waals surface area contributed by atoms with Gasteiger partial charge in [-0.2, -0.15) is 10.2 Å². The van der Waals surface area contributed by atoms with Gasteiger partial charge in [0.05, 0.1) is 29.2 Å². The number of aromatic amines is 1. The first kappa shape index (κ1) is 15.0. The van der Waals surface area contributed by atoms with Crippen molar-refractivity contribution in [3.05, 3.63) is 71.3 Å². The summed E-state index contributed by atoms with van der Waals surface area (Å²) in [6.45, 7) is 0. The van der Waals surface area contributed by atoms with Crippen LogP contribution in [0.25, 0.3) is 33.8 Å². The summed E-state index contributed by atoms with van der Waals surface area (Å²) in [7, 11) is 0. The molecular weight excluding hydrogens is 344 g/mol. The molecule has 5 aromatic rings. The van der Waals surface area contributed by atoms with Gasteiger partial charge in [-0.25, -0.2) is 19.3 Å². The summed E-state index contributed by atoms with van der Waals surface area (Å²) >= 11 is 0. The molecule has 9 heteroatoms. The SMILES string of the molecule is N#Cc1ccccc1-n1c(=O)[nH]c2cnc(-n3cnc4cnccc43)nc21. The molecular formula is C18H10N8O. The van der Waals surface area contributed by atoms with Crippen molar-refractivity contribution in [2.75, 3.05) is 0 Å². The third-order valence-corrected chi connectivity index (χ3v) is 4.24. The van der Waals surface area contributed by atoms with Gasteiger partial charge in [-0.3, -0.25) is 9.55 Å². The summed E-state index contributed by atoms with van der Waals surface area (Å²) in [4.78, 5) is 32.5. The van der Waals surface area contributed by atoms with E-state index < -0.39 is 0 Å². The molecule has 5 rings (SSSR count). The van der Waals surface area contributed by atoms with Crippen molar-refractivity contribution in [2.45, 2.75) is 0 Å². The molecule has 0 radical (unpaired) electrons. The first-order chi connectivity index (χ1) is 13.3. The van der Waals surface area contributed by atoms with Crippen molar-refractivity contribution in [3.8, 4) is 17.7 Å². The number of pyridine rings is 1. The van der Waals surface area contributed by atoms with Gasteiger partial charge in [0.2, 0.25) is 5.95 Å². The van der Waals surface area contributed by atoms with E-state index >= 15 is 0 Å². The Labute approximate surface area is 151 Å². The van der Waals surface area contributed by atoms with E-state index in [1.54, 1.807) is 47.6 Å². The fourth-order valence-corrected chi connectivity index (χ4v) is 3.02. The Morgan fingerprint density at radius 1 is 1.11 bits per heavy atom. The first-order valence-electron chi connectivity index (χ1n) is 8.01. The molecule has 0 unspecified atom stereocenters. The van der Waals surface area contributed by atoms with Crippen LogP contribution in [0.5, 0.6) is 0 Å². The normalized spacial score (nSPS) is 11.1. The monoisotopic (exact) mass is 354 g/mol. The van der Waals surface area contributed by atoms with Crippen molar-refractivity contribution < 1.29 is 0 Å². The lowest BCUT2D eigenvalue weighted by molar-refractivity contribution is 0.941. The summed E-state index contributed by atoms with van der Waals surface area (Å²) in [5.41, 5.74) is 2.80. The molecule has 0 atom stereocenters. The fraction of sp³-hybridized carbons (Fsp3) is 0. The number of imidazole rings is 2. The number of hydrogen-bond donors (Lipinski definition) is 1. The smallest absolute Gasteiger partial charge is 0.303 e. The van der Waals surface area contributed by atoms with E-state index in [0.717, 1.165) is 5.52 Å². The second-order valence-electron chi connectivity index (χ2n) is 5.78. The Hall–Kier alpha value is -4.32. The quantitative estimate of drug-likeness (QED) is 0.515. The lowest BCUT2D eigenvalue weighted by Gasteiger charge is -2.06. The standard InChI is InChI=1S/C18H10N8O/c19-7-11-3-1-2-4-14(11)26-16-13(23-18(26)27)9-21-17(24-16)25-10-22-12-8-20-6-5-15(12)25/h1-6,8-10H,(H,23,27). The number of H-pyrrole nitrogens is 1. The van der Waals surface area contributed by atoms with E-state index in [1.807, 2.05) is 6.07 Å². The maximum atomic E-state index is 12.5. The van der Waals surface area contributed by atoms with Crippen molar-refractivity contribution in [1.82, 2.24) is 34.1 Å². The van der Waals surface area contributed by atoms with Crippen molar-refractivity contribution in [3.63, 3.8) is 0 Å².